The van der Waals surface area contributed by atoms with Crippen molar-refractivity contribution in [3.05, 3.63) is 75.3 Å². The van der Waals surface area contributed by atoms with Crippen LogP contribution in [0.5, 0.6) is 28.7 Å². The molecular weight excluding hydrogens is 1180 g/mol. The summed E-state index contributed by atoms with van der Waals surface area (Å²) in [5.41, 5.74) is 11.8. The van der Waals surface area contributed by atoms with E-state index in [0.717, 1.165) is 112 Å². The standard InChI is InChI=1S/C71H97N5O12S2/c1-43(2)60-38-90-89-37-57-56-32-55-46-13-17-51(81)30-50(80)16-12-45-15-19-61(83)64(87-42-78)53(45)10-7-9-47(29-46)63(65(55)88-66(56)84)86-41-74-71(24-8-11-59(57)75-67(72)76-60)40-69(25-20-49(71)34-70(22-5-6-23-70)62(36-77)85-4)28-27-68(39-69)26-21-58(73-35-44(3)79)54-31-52(82)18-14-48(54)33-68/h14-15,18-19,29,31,43-44,49,51,56-60,62,66,73-74,77-79,81-84H,5-6,9,12-13,16-17,20-28,30,32-42H2,1-4H3,(H3,72,75,76)/t44-,49+,51+,56-,57+,58+,59+,60-,62+,66+,68+,69-,71-/m0/s1. The van der Waals surface area contributed by atoms with Crippen molar-refractivity contribution in [1.82, 2.24) is 16.0 Å². The summed E-state index contributed by atoms with van der Waals surface area (Å²) in [5, 5.41) is 89.3. The monoisotopic (exact) mass is 1280 g/mol. The molecule has 17 nitrogen and oxygen atoms in total. The Labute approximate surface area is 540 Å². The maximum absolute atomic E-state index is 13.6. The van der Waals surface area contributed by atoms with Crippen molar-refractivity contribution < 1.29 is 59.5 Å². The Morgan fingerprint density at radius 1 is 0.867 bits per heavy atom. The third-order valence-corrected chi connectivity index (χ3v) is 24.6. The van der Waals surface area contributed by atoms with Crippen LogP contribution in [0.15, 0.2) is 41.4 Å². The zero-order valence-corrected chi connectivity index (χ0v) is 54.8. The van der Waals surface area contributed by atoms with Gasteiger partial charge in [-0.1, -0.05) is 90.2 Å². The van der Waals surface area contributed by atoms with Crippen molar-refractivity contribution in [3.63, 3.8) is 0 Å². The summed E-state index contributed by atoms with van der Waals surface area (Å²) < 4.78 is 26.1. The van der Waals surface area contributed by atoms with E-state index in [-0.39, 0.29) is 121 Å². The number of nitrogens with two attached hydrogens (primary N) is 1. The maximum Gasteiger partial charge on any atom is 0.201 e. The minimum absolute atomic E-state index is 0.00977. The Kier molecular flexibility index (Phi) is 21.3. The van der Waals surface area contributed by atoms with E-state index in [2.05, 4.69) is 65.6 Å². The second-order valence-electron chi connectivity index (χ2n) is 28.3. The molecule has 9 aliphatic rings. The number of phenolic OH excluding ortho intramolecular Hbond substituents is 2. The Morgan fingerprint density at radius 3 is 2.43 bits per heavy atom. The van der Waals surface area contributed by atoms with Crippen LogP contribution in [0.25, 0.3) is 0 Å². The molecule has 0 radical (unpaired) electrons. The molecule has 3 spiro atoms. The lowest BCUT2D eigenvalue weighted by Crippen LogP contribution is -2.59. The van der Waals surface area contributed by atoms with Gasteiger partial charge in [-0.25, -0.2) is 4.99 Å². The van der Waals surface area contributed by atoms with E-state index in [0.29, 0.717) is 65.7 Å². The highest BCUT2D eigenvalue weighted by Gasteiger charge is 2.58. The molecule has 3 aromatic rings. The molecule has 0 saturated heterocycles. The number of nitrogens with one attached hydrogen (secondary N) is 3. The fourth-order valence-electron chi connectivity index (χ4n) is 17.4. The number of carbonyl (C=O) groups excluding carboxylic acids is 1. The fraction of sp³-hybridized carbons (Fsp3) is 0.662. The van der Waals surface area contributed by atoms with Crippen LogP contribution in [0.3, 0.4) is 0 Å². The van der Waals surface area contributed by atoms with Crippen molar-refractivity contribution >= 4 is 33.3 Å². The van der Waals surface area contributed by atoms with Crippen molar-refractivity contribution in [2.45, 2.75) is 210 Å². The number of carbonyl (C=O) groups is 1. The van der Waals surface area contributed by atoms with E-state index >= 15 is 0 Å². The van der Waals surface area contributed by atoms with Crippen LogP contribution >= 0.6 is 21.6 Å². The quantitative estimate of drug-likeness (QED) is 0.0488. The van der Waals surface area contributed by atoms with Gasteiger partial charge < -0.3 is 71.1 Å². The largest absolute Gasteiger partial charge is 0.508 e. The third-order valence-electron chi connectivity index (χ3n) is 22.1. The number of benzene rings is 3. The van der Waals surface area contributed by atoms with E-state index in [1.54, 1.807) is 41.7 Å². The van der Waals surface area contributed by atoms with Crippen LogP contribution in [0.1, 0.15) is 175 Å². The minimum atomic E-state index is -1.29. The molecule has 0 amide bonds. The first-order valence-corrected chi connectivity index (χ1v) is 35.7. The number of hydrogen-bond acceptors (Lipinski definition) is 19. The molecule has 6 bridgehead atoms. The summed E-state index contributed by atoms with van der Waals surface area (Å²) in [7, 11) is 5.24. The number of guanidine groups is 1. The molecule has 12 N–H and O–H groups in total. The molecule has 0 unspecified atom stereocenters. The summed E-state index contributed by atoms with van der Waals surface area (Å²) in [6.07, 6.45) is 12.4. The average Bonchev–Trinajstić information content (AvgIpc) is 1.53. The number of rotatable bonds is 11. The lowest BCUT2D eigenvalue weighted by Gasteiger charge is -2.54. The SMILES string of the molecule is CO[C@H](CO)C1(C[C@H]2CC[C@@]3(CC[C@@]4(CC[C@@H](NC[C@H](C)O)c5cc(O)ccc5C4)C3)C[C@@]23CC#C[C@H]2NC(N)=N[C@H](C(C)C)CSSC[C@@H]2[C@@H]2Cc4c5cc(c(c4O[C@H]2O)OCN3)CC#Cc2c(ccc(O)c2OCO)CCC(=O)C[C@H](O)CC5)CCCC1. The van der Waals surface area contributed by atoms with Crippen LogP contribution in [0.4, 0.5) is 0 Å². The third kappa shape index (κ3) is 14.6. The van der Waals surface area contributed by atoms with Gasteiger partial charge >= 0.3 is 0 Å². The first-order valence-electron chi connectivity index (χ1n) is 33.2. The normalized spacial score (nSPS) is 31.8. The highest BCUT2D eigenvalue weighted by molar-refractivity contribution is 8.76. The molecule has 90 heavy (non-hydrogen) atoms. The maximum atomic E-state index is 13.6. The van der Waals surface area contributed by atoms with Gasteiger partial charge in [0.05, 0.1) is 42.6 Å². The Hall–Kier alpha value is -4.90. The highest BCUT2D eigenvalue weighted by Crippen LogP contribution is 2.65. The van der Waals surface area contributed by atoms with Gasteiger partial charge in [-0.05, 0) is 178 Å². The summed E-state index contributed by atoms with van der Waals surface area (Å²) in [6, 6.07) is 10.5. The molecule has 3 aromatic carbocycles. The van der Waals surface area contributed by atoms with Crippen molar-refractivity contribution in [2.75, 3.05) is 45.3 Å². The van der Waals surface area contributed by atoms with Gasteiger partial charge in [0, 0.05) is 85.4 Å². The van der Waals surface area contributed by atoms with Crippen LogP contribution in [0, 0.1) is 63.6 Å². The van der Waals surface area contributed by atoms with E-state index in [1.165, 1.54) is 11.6 Å². The lowest BCUT2D eigenvalue weighted by atomic mass is 9.55. The Bertz CT molecular complexity index is 3200. The highest BCUT2D eigenvalue weighted by atomic mass is 33.1. The molecule has 490 valence electrons. The minimum Gasteiger partial charge on any atom is -0.508 e. The number of aliphatic hydroxyl groups excluding tert-OH is 5. The summed E-state index contributed by atoms with van der Waals surface area (Å²) in [4.78, 5) is 18.7. The number of aliphatic hydroxyl groups is 5. The number of aliphatic imine (C=N–C) groups is 1. The van der Waals surface area contributed by atoms with Crippen molar-refractivity contribution in [1.29, 1.82) is 0 Å². The van der Waals surface area contributed by atoms with Crippen LogP contribution in [-0.4, -0.2) is 135 Å². The zero-order valence-electron chi connectivity index (χ0n) is 53.1. The predicted octanol–water partition coefficient (Wildman–Crippen LogP) is 8.43. The molecule has 3 fully saturated rings. The number of fused-ring (bicyclic) bond motifs is 8. The fourth-order valence-corrected chi connectivity index (χ4v) is 20.3. The number of Topliss-reactive ketones (excluding diaryl/α,β-unsaturated/α-hetero) is 1. The lowest BCUT2D eigenvalue weighted by molar-refractivity contribution is -0.121. The van der Waals surface area contributed by atoms with Crippen LogP contribution in [0.2, 0.25) is 0 Å². The van der Waals surface area contributed by atoms with Gasteiger partial charge in [0.15, 0.2) is 35.8 Å². The van der Waals surface area contributed by atoms with Gasteiger partial charge in [-0.2, -0.15) is 0 Å². The number of methoxy groups -OCH3 is 1. The zero-order chi connectivity index (χ0) is 63.4. The first-order chi connectivity index (χ1) is 43.4. The topological polar surface area (TPSA) is 270 Å². The number of aromatic hydroxyl groups is 2. The Morgan fingerprint density at radius 2 is 1.66 bits per heavy atom. The number of ketones is 1. The number of ether oxygens (including phenoxy) is 4. The van der Waals surface area contributed by atoms with E-state index in [1.807, 2.05) is 12.1 Å². The van der Waals surface area contributed by atoms with Gasteiger partial charge in [-0.15, -0.1) is 0 Å². The van der Waals surface area contributed by atoms with E-state index in [4.69, 9.17) is 29.7 Å². The second-order valence-corrected chi connectivity index (χ2v) is 30.9. The molecule has 4 aliphatic heterocycles. The van der Waals surface area contributed by atoms with E-state index < -0.39 is 42.8 Å². The van der Waals surface area contributed by atoms with Crippen molar-refractivity contribution in [3.8, 4) is 52.4 Å². The van der Waals surface area contributed by atoms with Gasteiger partial charge in [0.1, 0.15) is 18.3 Å². The molecule has 3 saturated carbocycles. The number of hydrogen-bond donors (Lipinski definition) is 11. The molecular formula is C71H97N5O12S2. The Balaban J connectivity index is 1.06. The van der Waals surface area contributed by atoms with Gasteiger partial charge in [0.25, 0.3) is 0 Å². The molecule has 19 heteroatoms. The first kappa shape index (κ1) is 66.6. The molecule has 12 rings (SSSR count). The van der Waals surface area contributed by atoms with Gasteiger partial charge in [-0.3, -0.25) is 10.1 Å². The predicted molar refractivity (Wildman–Crippen MR) is 351 cm³/mol. The summed E-state index contributed by atoms with van der Waals surface area (Å²) in [6.45, 7) is 5.85. The second kappa shape index (κ2) is 28.8. The number of nitrogens with zero attached hydrogens (tertiary/aromatic N) is 1. The smallest absolute Gasteiger partial charge is 0.201 e. The van der Waals surface area contributed by atoms with Crippen LogP contribution in [-0.2, 0) is 41.6 Å². The summed E-state index contributed by atoms with van der Waals surface area (Å²) >= 11 is 0. The summed E-state index contributed by atoms with van der Waals surface area (Å²) in [5.74, 6) is 16.3. The molecule has 4 heterocycles. The van der Waals surface area contributed by atoms with Crippen LogP contribution < -0.4 is 35.9 Å². The molecule has 5 aliphatic carbocycles. The number of aryl methyl sites for hydroxylation is 2. The molecule has 13 atom stereocenters. The van der Waals surface area contributed by atoms with E-state index in [9.17, 15) is 40.5 Å². The van der Waals surface area contributed by atoms with Crippen molar-refractivity contribution in [2.24, 2.45) is 50.6 Å². The molecule has 0 aromatic heterocycles. The number of phenols is 2. The average molecular weight is 1280 g/mol. The van der Waals surface area contributed by atoms with Gasteiger partial charge in [0.2, 0.25) is 6.29 Å².